The lowest BCUT2D eigenvalue weighted by atomic mass is 10.5. The van der Waals surface area contributed by atoms with Gasteiger partial charge in [-0.15, -0.1) is 0 Å². The van der Waals surface area contributed by atoms with Crippen LogP contribution in [0.25, 0.3) is 10.4 Å². The molecule has 6 nitrogen and oxygen atoms in total. The predicted molar refractivity (Wildman–Crippen MR) is 46.1 cm³/mol. The molecule has 13 heavy (non-hydrogen) atoms. The minimum Gasteiger partial charge on any atom is -0.463 e. The summed E-state index contributed by atoms with van der Waals surface area (Å²) >= 11 is 0. The van der Waals surface area contributed by atoms with Gasteiger partial charge in [-0.3, -0.25) is 4.79 Å². The lowest BCUT2D eigenvalue weighted by molar-refractivity contribution is -0.144. The summed E-state index contributed by atoms with van der Waals surface area (Å²) in [7, 11) is 0. The minimum absolute atomic E-state index is 0.237. The van der Waals surface area contributed by atoms with E-state index in [9.17, 15) is 4.79 Å². The summed E-state index contributed by atoms with van der Waals surface area (Å²) in [6.07, 6.45) is 0.374. The lowest BCUT2D eigenvalue weighted by Crippen LogP contribution is -2.10. The Balaban J connectivity index is 3.08. The molecule has 0 spiro atoms. The summed E-state index contributed by atoms with van der Waals surface area (Å²) in [5.41, 5.74) is 7.91. The largest absolute Gasteiger partial charge is 0.463 e. The van der Waals surface area contributed by atoms with Crippen LogP contribution in [0.5, 0.6) is 0 Å². The summed E-state index contributed by atoms with van der Waals surface area (Å²) in [5.74, 6) is -0.237. The Morgan fingerprint density at radius 3 is 2.85 bits per heavy atom. The third kappa shape index (κ3) is 8.65. The van der Waals surface area contributed by atoms with E-state index in [0.29, 0.717) is 26.2 Å². The smallest absolute Gasteiger partial charge is 0.305 e. The molecule has 0 bridgehead atoms. The number of ether oxygens (including phenoxy) is 2. The molecular weight excluding hydrogens is 174 g/mol. The third-order valence-electron chi connectivity index (χ3n) is 1.18. The Kier molecular flexibility index (Phi) is 7.98. The highest BCUT2D eigenvalue weighted by molar-refractivity contribution is 5.68. The number of hydrogen-bond donors (Lipinski definition) is 0. The molecule has 0 unspecified atom stereocenters. The van der Waals surface area contributed by atoms with E-state index in [1.54, 1.807) is 6.92 Å². The standard InChI is InChI=1S/C7H13N3O3/c1-2-7(11)13-6-5-12-4-3-9-10-8/h2-6H2,1H3. The number of esters is 1. The Hall–Kier alpha value is -1.26. The molecule has 0 aliphatic heterocycles. The molecule has 0 radical (unpaired) electrons. The summed E-state index contributed by atoms with van der Waals surface area (Å²) in [4.78, 5) is 13.2. The molecule has 6 heteroatoms. The molecule has 0 fully saturated rings. The maximum absolute atomic E-state index is 10.6. The fraction of sp³-hybridized carbons (Fsp3) is 0.857. The van der Waals surface area contributed by atoms with Crippen LogP contribution in [0, 0.1) is 0 Å². The molecule has 0 aromatic rings. The van der Waals surface area contributed by atoms with Crippen LogP contribution in [0.3, 0.4) is 0 Å². The van der Waals surface area contributed by atoms with Crippen molar-refractivity contribution >= 4 is 5.97 Å². The first-order valence-electron chi connectivity index (χ1n) is 4.05. The van der Waals surface area contributed by atoms with E-state index in [4.69, 9.17) is 15.0 Å². The Morgan fingerprint density at radius 1 is 1.46 bits per heavy atom. The van der Waals surface area contributed by atoms with Gasteiger partial charge in [-0.05, 0) is 5.53 Å². The molecule has 0 rings (SSSR count). The Labute approximate surface area is 76.5 Å². The normalized spacial score (nSPS) is 9.00. The number of carbonyl (C=O) groups excluding carboxylic acids is 1. The Bertz CT molecular complexity index is 189. The van der Waals surface area contributed by atoms with Gasteiger partial charge in [0.1, 0.15) is 6.61 Å². The van der Waals surface area contributed by atoms with Crippen LogP contribution in [-0.4, -0.2) is 32.3 Å². The molecule has 0 aromatic carbocycles. The zero-order chi connectivity index (χ0) is 9.94. The Morgan fingerprint density at radius 2 is 2.23 bits per heavy atom. The summed E-state index contributed by atoms with van der Waals surface area (Å²) in [6, 6.07) is 0. The summed E-state index contributed by atoms with van der Waals surface area (Å²) < 4.78 is 9.72. The predicted octanol–water partition coefficient (Wildman–Crippen LogP) is 1.27. The second-order valence-corrected chi connectivity index (χ2v) is 2.14. The van der Waals surface area contributed by atoms with Gasteiger partial charge in [0.05, 0.1) is 13.2 Å². The zero-order valence-electron chi connectivity index (χ0n) is 7.60. The van der Waals surface area contributed by atoms with Crippen molar-refractivity contribution in [3.05, 3.63) is 10.4 Å². The van der Waals surface area contributed by atoms with Crippen LogP contribution in [0.15, 0.2) is 5.11 Å². The second kappa shape index (κ2) is 8.83. The molecular formula is C7H13N3O3. The number of carbonyl (C=O) groups is 1. The first-order chi connectivity index (χ1) is 6.31. The van der Waals surface area contributed by atoms with E-state index in [1.807, 2.05) is 0 Å². The van der Waals surface area contributed by atoms with Crippen molar-refractivity contribution in [2.45, 2.75) is 13.3 Å². The van der Waals surface area contributed by atoms with Gasteiger partial charge in [0, 0.05) is 17.9 Å². The van der Waals surface area contributed by atoms with Crippen LogP contribution in [0.2, 0.25) is 0 Å². The van der Waals surface area contributed by atoms with Crippen molar-refractivity contribution < 1.29 is 14.3 Å². The fourth-order valence-corrected chi connectivity index (χ4v) is 0.569. The molecule has 74 valence electrons. The number of azide groups is 1. The van der Waals surface area contributed by atoms with E-state index >= 15 is 0 Å². The highest BCUT2D eigenvalue weighted by Crippen LogP contribution is 1.85. The summed E-state index contributed by atoms with van der Waals surface area (Å²) in [6.45, 7) is 2.98. The monoisotopic (exact) mass is 187 g/mol. The quantitative estimate of drug-likeness (QED) is 0.198. The number of rotatable bonds is 7. The fourth-order valence-electron chi connectivity index (χ4n) is 0.569. The van der Waals surface area contributed by atoms with Crippen molar-refractivity contribution in [1.82, 2.24) is 0 Å². The van der Waals surface area contributed by atoms with Gasteiger partial charge in [0.25, 0.3) is 0 Å². The van der Waals surface area contributed by atoms with E-state index in [-0.39, 0.29) is 12.6 Å². The van der Waals surface area contributed by atoms with Gasteiger partial charge < -0.3 is 9.47 Å². The van der Waals surface area contributed by atoms with Gasteiger partial charge in [0.2, 0.25) is 0 Å². The van der Waals surface area contributed by atoms with Gasteiger partial charge in [-0.2, -0.15) is 0 Å². The molecule has 0 saturated heterocycles. The molecule has 0 N–H and O–H groups in total. The maximum Gasteiger partial charge on any atom is 0.305 e. The van der Waals surface area contributed by atoms with Crippen molar-refractivity contribution in [3.63, 3.8) is 0 Å². The lowest BCUT2D eigenvalue weighted by Gasteiger charge is -2.02. The zero-order valence-corrected chi connectivity index (χ0v) is 7.60. The van der Waals surface area contributed by atoms with Crippen LogP contribution in [0.1, 0.15) is 13.3 Å². The highest BCUT2D eigenvalue weighted by Gasteiger charge is 1.96. The molecule has 0 amide bonds. The van der Waals surface area contributed by atoms with Crippen molar-refractivity contribution in [3.8, 4) is 0 Å². The number of nitrogens with zero attached hydrogens (tertiary/aromatic N) is 3. The molecule has 0 saturated carbocycles. The number of hydrogen-bond acceptors (Lipinski definition) is 4. The average molecular weight is 187 g/mol. The van der Waals surface area contributed by atoms with Crippen molar-refractivity contribution in [2.24, 2.45) is 5.11 Å². The van der Waals surface area contributed by atoms with Gasteiger partial charge in [0.15, 0.2) is 0 Å². The van der Waals surface area contributed by atoms with E-state index in [0.717, 1.165) is 0 Å². The minimum atomic E-state index is -0.237. The van der Waals surface area contributed by atoms with Crippen molar-refractivity contribution in [1.29, 1.82) is 0 Å². The van der Waals surface area contributed by atoms with Crippen LogP contribution in [-0.2, 0) is 14.3 Å². The van der Waals surface area contributed by atoms with E-state index in [2.05, 4.69) is 10.0 Å². The molecule has 0 atom stereocenters. The van der Waals surface area contributed by atoms with Gasteiger partial charge in [-0.25, -0.2) is 0 Å². The van der Waals surface area contributed by atoms with E-state index < -0.39 is 0 Å². The highest BCUT2D eigenvalue weighted by atomic mass is 16.6. The van der Waals surface area contributed by atoms with Crippen LogP contribution < -0.4 is 0 Å². The second-order valence-electron chi connectivity index (χ2n) is 2.14. The molecule has 0 heterocycles. The molecule has 0 aliphatic carbocycles. The molecule has 0 aromatic heterocycles. The summed E-state index contributed by atoms with van der Waals surface area (Å²) in [5, 5.41) is 3.27. The van der Waals surface area contributed by atoms with E-state index in [1.165, 1.54) is 0 Å². The van der Waals surface area contributed by atoms with Crippen LogP contribution >= 0.6 is 0 Å². The van der Waals surface area contributed by atoms with Gasteiger partial charge >= 0.3 is 5.97 Å². The first kappa shape index (κ1) is 11.7. The maximum atomic E-state index is 10.6. The van der Waals surface area contributed by atoms with Gasteiger partial charge in [-0.1, -0.05) is 12.0 Å². The SMILES string of the molecule is CCC(=O)OCCOCCN=[N+]=[N-]. The topological polar surface area (TPSA) is 84.3 Å². The first-order valence-corrected chi connectivity index (χ1v) is 4.05. The average Bonchev–Trinajstić information content (AvgIpc) is 2.16. The van der Waals surface area contributed by atoms with Crippen molar-refractivity contribution in [2.75, 3.05) is 26.4 Å². The van der Waals surface area contributed by atoms with Crippen LogP contribution in [0.4, 0.5) is 0 Å². The third-order valence-corrected chi connectivity index (χ3v) is 1.18. The molecule has 0 aliphatic rings.